The van der Waals surface area contributed by atoms with E-state index in [0.717, 1.165) is 5.75 Å². The average molecular weight is 263 g/mol. The molecule has 0 aromatic heterocycles. The zero-order chi connectivity index (χ0) is 14.4. The first-order chi connectivity index (χ1) is 8.99. The number of benzene rings is 1. The fraction of sp³-hybridized carbons (Fsp3) is 0.308. The second kappa shape index (κ2) is 6.53. The number of ether oxygens (including phenoxy) is 1. The third-order valence-corrected chi connectivity index (χ3v) is 2.42. The van der Waals surface area contributed by atoms with Crippen molar-refractivity contribution in [2.75, 3.05) is 21.2 Å². The number of methoxy groups -OCH3 is 1. The Labute approximate surface area is 112 Å². The minimum atomic E-state index is -0.405. The molecule has 1 aromatic rings. The first kappa shape index (κ1) is 14.7. The SMILES string of the molecule is COc1ccc(/N=C(C)/C(=N/O)C(=O)N(C)C)cc1. The molecule has 0 aliphatic rings. The Hall–Kier alpha value is -2.37. The van der Waals surface area contributed by atoms with E-state index in [4.69, 9.17) is 9.94 Å². The summed E-state index contributed by atoms with van der Waals surface area (Å²) in [6.45, 7) is 1.61. The molecule has 0 saturated heterocycles. The summed E-state index contributed by atoms with van der Waals surface area (Å²) in [5.41, 5.74) is 0.901. The Morgan fingerprint density at radius 3 is 2.26 bits per heavy atom. The van der Waals surface area contributed by atoms with Gasteiger partial charge in [0, 0.05) is 14.1 Å². The third kappa shape index (κ3) is 3.80. The smallest absolute Gasteiger partial charge is 0.277 e. The van der Waals surface area contributed by atoms with E-state index in [0.29, 0.717) is 11.4 Å². The lowest BCUT2D eigenvalue weighted by Gasteiger charge is -2.10. The van der Waals surface area contributed by atoms with Crippen LogP contribution in [0.25, 0.3) is 0 Å². The van der Waals surface area contributed by atoms with Crippen LogP contribution in [0.1, 0.15) is 6.92 Å². The summed E-state index contributed by atoms with van der Waals surface area (Å²) in [6, 6.07) is 7.01. The molecule has 1 amide bonds. The summed E-state index contributed by atoms with van der Waals surface area (Å²) in [6.07, 6.45) is 0. The first-order valence-electron chi connectivity index (χ1n) is 5.63. The van der Waals surface area contributed by atoms with Gasteiger partial charge in [0.05, 0.1) is 18.5 Å². The number of nitrogens with zero attached hydrogens (tertiary/aromatic N) is 3. The number of rotatable bonds is 4. The highest BCUT2D eigenvalue weighted by Gasteiger charge is 2.17. The molecule has 0 aliphatic heterocycles. The van der Waals surface area contributed by atoms with Gasteiger partial charge in [-0.2, -0.15) is 0 Å². The maximum absolute atomic E-state index is 11.7. The maximum atomic E-state index is 11.7. The van der Waals surface area contributed by atoms with Crippen molar-refractivity contribution in [1.82, 2.24) is 4.90 Å². The molecule has 0 heterocycles. The van der Waals surface area contributed by atoms with Gasteiger partial charge in [0.1, 0.15) is 5.75 Å². The molecule has 0 fully saturated rings. The minimum absolute atomic E-state index is 0.0826. The molecule has 0 saturated carbocycles. The number of hydrogen-bond acceptors (Lipinski definition) is 5. The van der Waals surface area contributed by atoms with Crippen LogP contribution in [-0.4, -0.2) is 48.6 Å². The molecule has 1 rings (SSSR count). The molecule has 0 aliphatic carbocycles. The highest BCUT2D eigenvalue weighted by Crippen LogP contribution is 2.18. The summed E-state index contributed by atoms with van der Waals surface area (Å²) in [4.78, 5) is 17.3. The number of hydrogen-bond donors (Lipinski definition) is 1. The van der Waals surface area contributed by atoms with Crippen molar-refractivity contribution >= 4 is 23.0 Å². The molecule has 1 aromatic carbocycles. The Balaban J connectivity index is 2.99. The van der Waals surface area contributed by atoms with Gasteiger partial charge in [0.25, 0.3) is 5.91 Å². The van der Waals surface area contributed by atoms with E-state index >= 15 is 0 Å². The molecule has 1 N–H and O–H groups in total. The van der Waals surface area contributed by atoms with Gasteiger partial charge in [-0.15, -0.1) is 0 Å². The topological polar surface area (TPSA) is 74.5 Å². The van der Waals surface area contributed by atoms with Crippen LogP contribution in [0.2, 0.25) is 0 Å². The van der Waals surface area contributed by atoms with Crippen LogP contribution in [0.3, 0.4) is 0 Å². The summed E-state index contributed by atoms with van der Waals surface area (Å²) in [7, 11) is 4.73. The van der Waals surface area contributed by atoms with Gasteiger partial charge in [-0.05, 0) is 31.2 Å². The van der Waals surface area contributed by atoms with Gasteiger partial charge in [0.15, 0.2) is 5.71 Å². The predicted octanol–water partition coefficient (Wildman–Crippen LogP) is 1.71. The Morgan fingerprint density at radius 2 is 1.84 bits per heavy atom. The molecular formula is C13H17N3O3. The summed E-state index contributed by atoms with van der Waals surface area (Å²) in [5, 5.41) is 11.9. The van der Waals surface area contributed by atoms with Crippen molar-refractivity contribution in [2.45, 2.75) is 6.92 Å². The number of carbonyl (C=O) groups excluding carboxylic acids is 1. The lowest BCUT2D eigenvalue weighted by atomic mass is 10.2. The van der Waals surface area contributed by atoms with E-state index in [1.54, 1.807) is 52.4 Å². The van der Waals surface area contributed by atoms with Crippen LogP contribution in [0.5, 0.6) is 5.75 Å². The molecule has 6 nitrogen and oxygen atoms in total. The van der Waals surface area contributed by atoms with Gasteiger partial charge in [-0.25, -0.2) is 0 Å². The molecule has 19 heavy (non-hydrogen) atoms. The fourth-order valence-electron chi connectivity index (χ4n) is 1.39. The lowest BCUT2D eigenvalue weighted by Crippen LogP contribution is -2.34. The quantitative estimate of drug-likeness (QED) is 0.510. The molecular weight excluding hydrogens is 246 g/mol. The van der Waals surface area contributed by atoms with Crippen molar-refractivity contribution in [3.05, 3.63) is 24.3 Å². The third-order valence-electron chi connectivity index (χ3n) is 2.42. The highest BCUT2D eigenvalue weighted by molar-refractivity contribution is 6.66. The fourth-order valence-corrected chi connectivity index (χ4v) is 1.39. The number of carbonyl (C=O) groups is 1. The Kier molecular flexibility index (Phi) is 5.05. The molecule has 0 spiro atoms. The summed E-state index contributed by atoms with van der Waals surface area (Å²) in [5.74, 6) is 0.314. The number of oxime groups is 1. The monoisotopic (exact) mass is 263 g/mol. The molecule has 0 bridgehead atoms. The number of aliphatic imine (C=N–C) groups is 1. The van der Waals surface area contributed by atoms with Gasteiger partial charge in [0.2, 0.25) is 0 Å². The lowest BCUT2D eigenvalue weighted by molar-refractivity contribution is -0.121. The largest absolute Gasteiger partial charge is 0.497 e. The van der Waals surface area contributed by atoms with Crippen LogP contribution in [0.4, 0.5) is 5.69 Å². The van der Waals surface area contributed by atoms with E-state index in [9.17, 15) is 4.79 Å². The molecule has 102 valence electrons. The van der Waals surface area contributed by atoms with Crippen molar-refractivity contribution < 1.29 is 14.7 Å². The van der Waals surface area contributed by atoms with Crippen LogP contribution < -0.4 is 4.74 Å². The average Bonchev–Trinajstić information content (AvgIpc) is 2.40. The Bertz CT molecular complexity index is 504. The van der Waals surface area contributed by atoms with Crippen molar-refractivity contribution in [2.24, 2.45) is 10.1 Å². The first-order valence-corrected chi connectivity index (χ1v) is 5.63. The van der Waals surface area contributed by atoms with Crippen LogP contribution in [-0.2, 0) is 4.79 Å². The van der Waals surface area contributed by atoms with Crippen LogP contribution in [0, 0.1) is 0 Å². The van der Waals surface area contributed by atoms with Crippen molar-refractivity contribution in [3.63, 3.8) is 0 Å². The minimum Gasteiger partial charge on any atom is -0.497 e. The van der Waals surface area contributed by atoms with E-state index in [-0.39, 0.29) is 5.71 Å². The normalized spacial score (nSPS) is 12.2. The molecule has 0 atom stereocenters. The van der Waals surface area contributed by atoms with Gasteiger partial charge in [-0.1, -0.05) is 5.16 Å². The number of amides is 1. The molecule has 0 radical (unpaired) electrons. The van der Waals surface area contributed by atoms with Crippen LogP contribution in [0.15, 0.2) is 34.4 Å². The standard InChI is InChI=1S/C13H17N3O3/c1-9(12(15-18)13(17)16(2)3)14-10-5-7-11(19-4)8-6-10/h5-8,18H,1-4H3/b14-9+,15-12-. The van der Waals surface area contributed by atoms with Crippen LogP contribution >= 0.6 is 0 Å². The van der Waals surface area contributed by atoms with E-state index in [2.05, 4.69) is 10.1 Å². The summed E-state index contributed by atoms with van der Waals surface area (Å²) >= 11 is 0. The van der Waals surface area contributed by atoms with Gasteiger partial charge >= 0.3 is 0 Å². The maximum Gasteiger partial charge on any atom is 0.277 e. The van der Waals surface area contributed by atoms with Gasteiger partial charge < -0.3 is 14.8 Å². The second-order valence-electron chi connectivity index (χ2n) is 4.04. The second-order valence-corrected chi connectivity index (χ2v) is 4.04. The zero-order valence-electron chi connectivity index (χ0n) is 11.4. The Morgan fingerprint density at radius 1 is 1.26 bits per heavy atom. The predicted molar refractivity (Wildman–Crippen MR) is 73.7 cm³/mol. The zero-order valence-corrected chi connectivity index (χ0v) is 11.4. The van der Waals surface area contributed by atoms with E-state index in [1.807, 2.05) is 0 Å². The van der Waals surface area contributed by atoms with Crippen molar-refractivity contribution in [1.29, 1.82) is 0 Å². The summed E-state index contributed by atoms with van der Waals surface area (Å²) < 4.78 is 5.04. The van der Waals surface area contributed by atoms with E-state index < -0.39 is 5.91 Å². The van der Waals surface area contributed by atoms with E-state index in [1.165, 1.54) is 4.90 Å². The molecule has 6 heteroatoms. The van der Waals surface area contributed by atoms with Gasteiger partial charge in [-0.3, -0.25) is 9.79 Å². The molecule has 0 unspecified atom stereocenters. The highest BCUT2D eigenvalue weighted by atomic mass is 16.5. The van der Waals surface area contributed by atoms with Crippen molar-refractivity contribution in [3.8, 4) is 5.75 Å².